The number of hydrogen-bond acceptors (Lipinski definition) is 2. The van der Waals surface area contributed by atoms with Crippen molar-refractivity contribution in [1.29, 1.82) is 0 Å². The van der Waals surface area contributed by atoms with E-state index in [0.29, 0.717) is 11.8 Å². The zero-order valence-corrected chi connectivity index (χ0v) is 9.36. The molecule has 5 atom stereocenters. The van der Waals surface area contributed by atoms with E-state index in [1.54, 1.807) is 0 Å². The van der Waals surface area contributed by atoms with E-state index < -0.39 is 5.60 Å². The molecule has 0 bridgehead atoms. The molecule has 84 valence electrons. The second-order valence-corrected chi connectivity index (χ2v) is 5.64. The van der Waals surface area contributed by atoms with Crippen LogP contribution < -0.4 is 0 Å². The van der Waals surface area contributed by atoms with E-state index in [-0.39, 0.29) is 6.10 Å². The fourth-order valence-corrected chi connectivity index (χ4v) is 3.79. The number of allylic oxidation sites excluding steroid dienone is 2. The van der Waals surface area contributed by atoms with Gasteiger partial charge in [0, 0.05) is 6.61 Å². The minimum absolute atomic E-state index is 0.0833. The monoisotopic (exact) mass is 208 g/mol. The Labute approximate surface area is 91.3 Å². The van der Waals surface area contributed by atoms with Crippen LogP contribution in [0, 0.1) is 17.8 Å². The fourth-order valence-electron chi connectivity index (χ4n) is 3.79. The van der Waals surface area contributed by atoms with E-state index >= 15 is 0 Å². The van der Waals surface area contributed by atoms with Crippen LogP contribution in [0.25, 0.3) is 0 Å². The van der Waals surface area contributed by atoms with Crippen LogP contribution in [0.5, 0.6) is 0 Å². The van der Waals surface area contributed by atoms with Crippen molar-refractivity contribution in [2.24, 2.45) is 17.8 Å². The topological polar surface area (TPSA) is 29.5 Å². The van der Waals surface area contributed by atoms with E-state index in [1.165, 1.54) is 12.8 Å². The molecule has 0 aromatic carbocycles. The highest BCUT2D eigenvalue weighted by Crippen LogP contribution is 2.49. The standard InChI is InChI=1S/C13H20O2/c1-13(14)7-5-9-3-2-4-10-6-8-15-12(13)11(9)10/h2,4,9-12,14H,3,5-8H2,1H3/t9-,10+,11-,12+,13-/m0/s1. The molecule has 0 aromatic rings. The summed E-state index contributed by atoms with van der Waals surface area (Å²) in [5, 5.41) is 10.4. The molecule has 1 N–H and O–H groups in total. The highest BCUT2D eigenvalue weighted by molar-refractivity contribution is 5.09. The number of aliphatic hydroxyl groups is 1. The summed E-state index contributed by atoms with van der Waals surface area (Å²) < 4.78 is 5.85. The van der Waals surface area contributed by atoms with Crippen molar-refractivity contribution in [3.05, 3.63) is 12.2 Å². The van der Waals surface area contributed by atoms with Gasteiger partial charge in [0.15, 0.2) is 0 Å². The molecular weight excluding hydrogens is 188 g/mol. The van der Waals surface area contributed by atoms with Crippen LogP contribution in [-0.2, 0) is 4.74 Å². The van der Waals surface area contributed by atoms with Gasteiger partial charge in [-0.15, -0.1) is 0 Å². The van der Waals surface area contributed by atoms with Crippen molar-refractivity contribution >= 4 is 0 Å². The Morgan fingerprint density at radius 1 is 1.40 bits per heavy atom. The minimum atomic E-state index is -0.592. The van der Waals surface area contributed by atoms with E-state index in [2.05, 4.69) is 12.2 Å². The third-order valence-electron chi connectivity index (χ3n) is 4.59. The molecule has 2 nitrogen and oxygen atoms in total. The van der Waals surface area contributed by atoms with E-state index in [1.807, 2.05) is 6.92 Å². The molecule has 15 heavy (non-hydrogen) atoms. The average molecular weight is 208 g/mol. The second kappa shape index (κ2) is 3.33. The average Bonchev–Trinajstić information content (AvgIpc) is 2.24. The van der Waals surface area contributed by atoms with Gasteiger partial charge in [-0.2, -0.15) is 0 Å². The number of ether oxygens (including phenoxy) is 1. The van der Waals surface area contributed by atoms with Crippen LogP contribution in [0.3, 0.4) is 0 Å². The SMILES string of the molecule is C[C@]1(O)CC[C@@H]2CC=C[C@@H]3CCO[C@@H]1[C@@H]23. The lowest BCUT2D eigenvalue weighted by atomic mass is 9.61. The molecule has 0 aromatic heterocycles. The Morgan fingerprint density at radius 3 is 3.13 bits per heavy atom. The van der Waals surface area contributed by atoms with Crippen LogP contribution in [0.2, 0.25) is 0 Å². The van der Waals surface area contributed by atoms with Crippen LogP contribution >= 0.6 is 0 Å². The summed E-state index contributed by atoms with van der Waals surface area (Å²) in [5.41, 5.74) is -0.592. The Hall–Kier alpha value is -0.340. The summed E-state index contributed by atoms with van der Waals surface area (Å²) >= 11 is 0. The highest BCUT2D eigenvalue weighted by atomic mass is 16.5. The Balaban J connectivity index is 1.93. The number of hydrogen-bond donors (Lipinski definition) is 1. The van der Waals surface area contributed by atoms with E-state index in [4.69, 9.17) is 4.74 Å². The van der Waals surface area contributed by atoms with Crippen LogP contribution in [0.4, 0.5) is 0 Å². The molecule has 1 saturated carbocycles. The van der Waals surface area contributed by atoms with Gasteiger partial charge >= 0.3 is 0 Å². The molecule has 0 unspecified atom stereocenters. The fraction of sp³-hybridized carbons (Fsp3) is 0.846. The molecule has 0 radical (unpaired) electrons. The molecule has 2 heteroatoms. The predicted molar refractivity (Wildman–Crippen MR) is 58.4 cm³/mol. The molecule has 3 aliphatic rings. The zero-order chi connectivity index (χ0) is 10.5. The zero-order valence-electron chi connectivity index (χ0n) is 9.36. The van der Waals surface area contributed by atoms with Crippen LogP contribution in [0.1, 0.15) is 32.6 Å². The minimum Gasteiger partial charge on any atom is -0.387 e. The smallest absolute Gasteiger partial charge is 0.0895 e. The maximum Gasteiger partial charge on any atom is 0.0895 e. The van der Waals surface area contributed by atoms with Gasteiger partial charge in [-0.1, -0.05) is 12.2 Å². The van der Waals surface area contributed by atoms with Crippen molar-refractivity contribution < 1.29 is 9.84 Å². The van der Waals surface area contributed by atoms with Crippen molar-refractivity contribution in [2.75, 3.05) is 6.61 Å². The van der Waals surface area contributed by atoms with E-state index in [0.717, 1.165) is 25.4 Å². The van der Waals surface area contributed by atoms with Gasteiger partial charge < -0.3 is 9.84 Å². The summed E-state index contributed by atoms with van der Waals surface area (Å²) in [7, 11) is 0. The van der Waals surface area contributed by atoms with Gasteiger partial charge in [-0.05, 0) is 50.4 Å². The normalized spacial score (nSPS) is 53.7. The number of rotatable bonds is 0. The Bertz CT molecular complexity index is 282. The first kappa shape index (κ1) is 9.86. The molecule has 1 saturated heterocycles. The molecule has 2 aliphatic carbocycles. The molecule has 1 aliphatic heterocycles. The van der Waals surface area contributed by atoms with Gasteiger partial charge in [0.05, 0.1) is 11.7 Å². The molecular formula is C13H20O2. The first-order valence-electron chi connectivity index (χ1n) is 6.19. The summed E-state index contributed by atoms with van der Waals surface area (Å²) in [6.45, 7) is 2.77. The van der Waals surface area contributed by atoms with Gasteiger partial charge in [-0.25, -0.2) is 0 Å². The molecule has 0 amide bonds. The van der Waals surface area contributed by atoms with E-state index in [9.17, 15) is 5.11 Å². The summed E-state index contributed by atoms with van der Waals surface area (Å²) in [5.74, 6) is 1.99. The predicted octanol–water partition coefficient (Wildman–Crippen LogP) is 2.13. The highest BCUT2D eigenvalue weighted by Gasteiger charge is 2.50. The van der Waals surface area contributed by atoms with Gasteiger partial charge in [0.25, 0.3) is 0 Å². The van der Waals surface area contributed by atoms with Crippen molar-refractivity contribution in [1.82, 2.24) is 0 Å². The first-order valence-corrected chi connectivity index (χ1v) is 6.19. The Kier molecular flexibility index (Phi) is 2.18. The van der Waals surface area contributed by atoms with Gasteiger partial charge in [-0.3, -0.25) is 0 Å². The molecule has 0 spiro atoms. The van der Waals surface area contributed by atoms with Crippen LogP contribution in [0.15, 0.2) is 12.2 Å². The lowest BCUT2D eigenvalue weighted by molar-refractivity contribution is -0.192. The largest absolute Gasteiger partial charge is 0.387 e. The van der Waals surface area contributed by atoms with Crippen molar-refractivity contribution in [3.63, 3.8) is 0 Å². The summed E-state index contributed by atoms with van der Waals surface area (Å²) in [6.07, 6.45) is 9.19. The first-order chi connectivity index (χ1) is 7.18. The van der Waals surface area contributed by atoms with Gasteiger partial charge in [0.2, 0.25) is 0 Å². The molecule has 3 rings (SSSR count). The lowest BCUT2D eigenvalue weighted by Crippen LogP contribution is -2.57. The van der Waals surface area contributed by atoms with Gasteiger partial charge in [0.1, 0.15) is 0 Å². The maximum absolute atomic E-state index is 10.4. The Morgan fingerprint density at radius 2 is 2.27 bits per heavy atom. The van der Waals surface area contributed by atoms with Crippen molar-refractivity contribution in [3.8, 4) is 0 Å². The third kappa shape index (κ3) is 1.46. The summed E-state index contributed by atoms with van der Waals surface area (Å²) in [4.78, 5) is 0. The third-order valence-corrected chi connectivity index (χ3v) is 4.59. The summed E-state index contributed by atoms with van der Waals surface area (Å²) in [6, 6.07) is 0. The van der Waals surface area contributed by atoms with Crippen molar-refractivity contribution in [2.45, 2.75) is 44.3 Å². The van der Waals surface area contributed by atoms with Crippen LogP contribution in [-0.4, -0.2) is 23.4 Å². The molecule has 1 heterocycles. The maximum atomic E-state index is 10.4. The quantitative estimate of drug-likeness (QED) is 0.618. The lowest BCUT2D eigenvalue weighted by Gasteiger charge is -2.52. The second-order valence-electron chi connectivity index (χ2n) is 5.64. The molecule has 2 fully saturated rings.